The Bertz CT molecular complexity index is 2910. The molecule has 1 aliphatic rings. The SMILES string of the molecule is C#Cc1ccc(C(=O)Nc2c(O)cccc2Oc2ccc(C3(c4ccc(Oc5cccc(O)c5NC(=O)c5ccc(C#C)cc5)cc4)c4ccccc4-c4ccccc43)cc2)cc1. The zero-order valence-corrected chi connectivity index (χ0v) is 33.5. The monoisotopic (exact) mass is 820 g/mol. The number of phenols is 2. The number of hydrogen-bond donors (Lipinski definition) is 4. The fourth-order valence-electron chi connectivity index (χ4n) is 8.09. The van der Waals surface area contributed by atoms with E-state index >= 15 is 0 Å². The summed E-state index contributed by atoms with van der Waals surface area (Å²) in [7, 11) is 0. The van der Waals surface area contributed by atoms with Gasteiger partial charge in [0.15, 0.2) is 11.5 Å². The van der Waals surface area contributed by atoms with Gasteiger partial charge in [0, 0.05) is 22.3 Å². The summed E-state index contributed by atoms with van der Waals surface area (Å²) >= 11 is 0. The molecule has 0 bridgehead atoms. The molecule has 8 aromatic rings. The van der Waals surface area contributed by atoms with Crippen LogP contribution in [0.2, 0.25) is 0 Å². The lowest BCUT2D eigenvalue weighted by atomic mass is 9.68. The van der Waals surface area contributed by atoms with E-state index in [0.717, 1.165) is 33.4 Å². The zero-order chi connectivity index (χ0) is 43.5. The van der Waals surface area contributed by atoms with Crippen molar-refractivity contribution in [1.82, 2.24) is 0 Å². The summed E-state index contributed by atoms with van der Waals surface area (Å²) in [6.07, 6.45) is 11.0. The molecule has 9 rings (SSSR count). The average Bonchev–Trinajstić information content (AvgIpc) is 3.62. The maximum atomic E-state index is 13.2. The second-order valence-corrected chi connectivity index (χ2v) is 14.7. The summed E-state index contributed by atoms with van der Waals surface area (Å²) in [6.45, 7) is 0. The van der Waals surface area contributed by atoms with Crippen LogP contribution in [0.3, 0.4) is 0 Å². The maximum absolute atomic E-state index is 13.2. The number of aromatic hydroxyl groups is 2. The van der Waals surface area contributed by atoms with Gasteiger partial charge in [0.05, 0.1) is 5.41 Å². The molecule has 0 saturated heterocycles. The number of amides is 2. The molecule has 2 amide bonds. The van der Waals surface area contributed by atoms with Crippen LogP contribution < -0.4 is 20.1 Å². The van der Waals surface area contributed by atoms with E-state index < -0.39 is 17.2 Å². The summed E-state index contributed by atoms with van der Waals surface area (Å²) in [5.74, 6) is 5.37. The standard InChI is InChI=1S/C55H36N2O6/c1-3-35-19-23-37(24-20-35)53(60)56-51-47(58)15-9-17-49(51)62-41-31-27-39(28-32-41)55(45-13-7-5-11-43(45)44-12-6-8-14-46(44)55)40-29-33-42(34-30-40)63-50-18-10-16-48(59)52(50)57-54(61)38-25-21-36(4-2)22-26-38/h1-2,5-34,58-59H,(H,56,60)(H,57,61). The summed E-state index contributed by atoms with van der Waals surface area (Å²) < 4.78 is 12.7. The molecule has 8 nitrogen and oxygen atoms in total. The molecule has 0 fully saturated rings. The van der Waals surface area contributed by atoms with E-state index in [0.29, 0.717) is 33.8 Å². The number of para-hydroxylation sites is 2. The lowest BCUT2D eigenvalue weighted by Crippen LogP contribution is -2.28. The van der Waals surface area contributed by atoms with Gasteiger partial charge in [0.25, 0.3) is 11.8 Å². The lowest BCUT2D eigenvalue weighted by Gasteiger charge is -2.34. The Kier molecular flexibility index (Phi) is 10.4. The fraction of sp³-hybridized carbons (Fsp3) is 0.0182. The summed E-state index contributed by atoms with van der Waals surface area (Å²) in [6, 6.07) is 55.0. The third-order valence-electron chi connectivity index (χ3n) is 11.1. The molecule has 0 saturated carbocycles. The van der Waals surface area contributed by atoms with Crippen molar-refractivity contribution in [1.29, 1.82) is 0 Å². The second kappa shape index (κ2) is 16.6. The molecule has 1 aliphatic carbocycles. The number of hydrogen-bond acceptors (Lipinski definition) is 6. The highest BCUT2D eigenvalue weighted by Gasteiger charge is 2.46. The molecule has 8 aromatic carbocycles. The first-order valence-corrected chi connectivity index (χ1v) is 19.9. The van der Waals surface area contributed by atoms with E-state index in [1.165, 1.54) is 12.1 Å². The Labute approximate surface area is 364 Å². The number of anilines is 2. The molecule has 302 valence electrons. The molecule has 0 aromatic heterocycles. The van der Waals surface area contributed by atoms with Crippen molar-refractivity contribution in [3.63, 3.8) is 0 Å². The van der Waals surface area contributed by atoms with Gasteiger partial charge >= 0.3 is 0 Å². The van der Waals surface area contributed by atoms with Crippen LogP contribution in [0.25, 0.3) is 11.1 Å². The minimum Gasteiger partial charge on any atom is -0.506 e. The maximum Gasteiger partial charge on any atom is 0.255 e. The van der Waals surface area contributed by atoms with Crippen molar-refractivity contribution in [2.45, 2.75) is 5.41 Å². The highest BCUT2D eigenvalue weighted by atomic mass is 16.5. The highest BCUT2D eigenvalue weighted by molar-refractivity contribution is 6.06. The number of terminal acetylenes is 2. The number of rotatable bonds is 10. The van der Waals surface area contributed by atoms with Crippen LogP contribution in [0.15, 0.2) is 182 Å². The van der Waals surface area contributed by atoms with Gasteiger partial charge in [-0.15, -0.1) is 12.8 Å². The predicted octanol–water partition coefficient (Wildman–Crippen LogP) is 11.5. The van der Waals surface area contributed by atoms with Crippen molar-refractivity contribution < 1.29 is 29.3 Å². The van der Waals surface area contributed by atoms with Crippen molar-refractivity contribution in [3.8, 4) is 70.3 Å². The molecule has 0 unspecified atom stereocenters. The minimum atomic E-state index is -0.761. The topological polar surface area (TPSA) is 117 Å². The Morgan fingerprint density at radius 2 is 0.841 bits per heavy atom. The normalized spacial score (nSPS) is 11.8. The summed E-state index contributed by atoms with van der Waals surface area (Å²) in [5, 5.41) is 27.3. The Morgan fingerprint density at radius 3 is 1.22 bits per heavy atom. The third-order valence-corrected chi connectivity index (χ3v) is 11.1. The van der Waals surface area contributed by atoms with Crippen LogP contribution in [-0.4, -0.2) is 22.0 Å². The molecular weight excluding hydrogens is 785 g/mol. The molecular formula is C55H36N2O6. The van der Waals surface area contributed by atoms with Gasteiger partial charge in [0.2, 0.25) is 0 Å². The third kappa shape index (κ3) is 7.35. The molecule has 63 heavy (non-hydrogen) atoms. The number of nitrogens with one attached hydrogen (secondary N) is 2. The van der Waals surface area contributed by atoms with Crippen molar-refractivity contribution in [2.24, 2.45) is 0 Å². The summed E-state index contributed by atoms with van der Waals surface area (Å²) in [5.41, 5.74) is 7.85. The van der Waals surface area contributed by atoms with E-state index in [9.17, 15) is 19.8 Å². The number of carbonyl (C=O) groups excluding carboxylic acids is 2. The Balaban J connectivity index is 1.04. The van der Waals surface area contributed by atoms with Crippen LogP contribution in [0.1, 0.15) is 54.1 Å². The van der Waals surface area contributed by atoms with Crippen molar-refractivity contribution in [3.05, 3.63) is 226 Å². The van der Waals surface area contributed by atoms with Crippen LogP contribution in [0, 0.1) is 24.7 Å². The quantitative estimate of drug-likeness (QED) is 0.0806. The minimum absolute atomic E-state index is 0.126. The Hall–Kier alpha value is -8.98. The first-order chi connectivity index (χ1) is 30.8. The van der Waals surface area contributed by atoms with Crippen molar-refractivity contribution in [2.75, 3.05) is 10.6 Å². The Morgan fingerprint density at radius 1 is 0.460 bits per heavy atom. The second-order valence-electron chi connectivity index (χ2n) is 14.7. The molecule has 0 spiro atoms. The van der Waals surface area contributed by atoms with Gasteiger partial charge in [-0.05, 0) is 130 Å². The van der Waals surface area contributed by atoms with Gasteiger partial charge in [-0.1, -0.05) is 96.8 Å². The smallest absolute Gasteiger partial charge is 0.255 e. The first kappa shape index (κ1) is 39.5. The molecule has 0 atom stereocenters. The van der Waals surface area contributed by atoms with E-state index in [2.05, 4.69) is 46.7 Å². The largest absolute Gasteiger partial charge is 0.506 e. The van der Waals surface area contributed by atoms with Crippen LogP contribution >= 0.6 is 0 Å². The van der Waals surface area contributed by atoms with E-state index in [1.807, 2.05) is 72.8 Å². The van der Waals surface area contributed by atoms with E-state index in [1.54, 1.807) is 72.8 Å². The van der Waals surface area contributed by atoms with Gasteiger partial charge in [-0.25, -0.2) is 0 Å². The number of ether oxygens (including phenoxy) is 2. The van der Waals surface area contributed by atoms with Gasteiger partial charge in [-0.2, -0.15) is 0 Å². The van der Waals surface area contributed by atoms with Crippen LogP contribution in [0.5, 0.6) is 34.5 Å². The summed E-state index contributed by atoms with van der Waals surface area (Å²) in [4.78, 5) is 26.4. The lowest BCUT2D eigenvalue weighted by molar-refractivity contribution is 0.101. The average molecular weight is 821 g/mol. The van der Waals surface area contributed by atoms with E-state index in [4.69, 9.17) is 22.3 Å². The number of fused-ring (bicyclic) bond motifs is 3. The molecule has 8 heteroatoms. The fourth-order valence-corrected chi connectivity index (χ4v) is 8.09. The molecule has 4 N–H and O–H groups in total. The number of carbonyl (C=O) groups is 2. The van der Waals surface area contributed by atoms with Gasteiger partial charge < -0.3 is 30.3 Å². The highest BCUT2D eigenvalue weighted by Crippen LogP contribution is 2.56. The van der Waals surface area contributed by atoms with Crippen molar-refractivity contribution >= 4 is 23.2 Å². The van der Waals surface area contributed by atoms with Gasteiger partial charge in [-0.3, -0.25) is 9.59 Å². The van der Waals surface area contributed by atoms with Gasteiger partial charge in [0.1, 0.15) is 34.4 Å². The predicted molar refractivity (Wildman–Crippen MR) is 245 cm³/mol. The first-order valence-electron chi connectivity index (χ1n) is 19.9. The van der Waals surface area contributed by atoms with E-state index in [-0.39, 0.29) is 34.4 Å². The van der Waals surface area contributed by atoms with Crippen LogP contribution in [-0.2, 0) is 5.41 Å². The number of phenolic OH excluding ortho intramolecular Hbond substituents is 2. The molecule has 0 aliphatic heterocycles. The molecule has 0 heterocycles. The molecule has 0 radical (unpaired) electrons. The number of benzene rings is 8. The van der Waals surface area contributed by atoms with Crippen LogP contribution in [0.4, 0.5) is 11.4 Å². The zero-order valence-electron chi connectivity index (χ0n) is 33.5.